The van der Waals surface area contributed by atoms with Crippen LogP contribution in [0, 0.1) is 22.9 Å². The van der Waals surface area contributed by atoms with E-state index in [2.05, 4.69) is 10.2 Å². The molecule has 0 aliphatic carbocycles. The van der Waals surface area contributed by atoms with Gasteiger partial charge in [-0.25, -0.2) is 4.39 Å². The van der Waals surface area contributed by atoms with Gasteiger partial charge in [0, 0.05) is 21.2 Å². The number of ether oxygens (including phenoxy) is 1. The van der Waals surface area contributed by atoms with Crippen molar-refractivity contribution in [1.82, 2.24) is 14.8 Å². The van der Waals surface area contributed by atoms with E-state index >= 15 is 0 Å². The number of aryl methyl sites for hydroxylation is 1. The summed E-state index contributed by atoms with van der Waals surface area (Å²) in [7, 11) is 0. The summed E-state index contributed by atoms with van der Waals surface area (Å²) in [5, 5.41) is 20.4. The molecule has 0 spiro atoms. The van der Waals surface area contributed by atoms with E-state index in [4.69, 9.17) is 16.3 Å². The minimum atomic E-state index is -0.509. The summed E-state index contributed by atoms with van der Waals surface area (Å²) >= 11 is 7.26. The fourth-order valence-electron chi connectivity index (χ4n) is 3.34. The molecular formula is C24H20ClFN4O3S. The Labute approximate surface area is 204 Å². The lowest BCUT2D eigenvalue weighted by Gasteiger charge is -2.15. The highest BCUT2D eigenvalue weighted by molar-refractivity contribution is 7.99. The second-order valence-electron chi connectivity index (χ2n) is 7.41. The third-order valence-corrected chi connectivity index (χ3v) is 6.48. The lowest BCUT2D eigenvalue weighted by Crippen LogP contribution is -2.11. The predicted molar refractivity (Wildman–Crippen MR) is 129 cm³/mol. The fourth-order valence-corrected chi connectivity index (χ4v) is 4.64. The van der Waals surface area contributed by atoms with Gasteiger partial charge in [-0.1, -0.05) is 53.7 Å². The van der Waals surface area contributed by atoms with Crippen LogP contribution < -0.4 is 4.74 Å². The Balaban J connectivity index is 1.53. The second-order valence-corrected chi connectivity index (χ2v) is 9.02. The maximum atomic E-state index is 13.8. The van der Waals surface area contributed by atoms with E-state index in [1.165, 1.54) is 17.8 Å². The van der Waals surface area contributed by atoms with Gasteiger partial charge in [0.1, 0.15) is 29.2 Å². The third kappa shape index (κ3) is 5.73. The van der Waals surface area contributed by atoms with Crippen LogP contribution in [0.1, 0.15) is 22.2 Å². The van der Waals surface area contributed by atoms with Crippen molar-refractivity contribution < 1.29 is 14.1 Å². The van der Waals surface area contributed by atoms with Gasteiger partial charge in [-0.3, -0.25) is 14.7 Å². The first kappa shape index (κ1) is 23.7. The molecule has 0 unspecified atom stereocenters. The van der Waals surface area contributed by atoms with Crippen molar-refractivity contribution in [2.24, 2.45) is 0 Å². The summed E-state index contributed by atoms with van der Waals surface area (Å²) in [4.78, 5) is 11.1. The standard InChI is InChI=1S/C24H20ClFN4O3S/c1-16-27-28-24(30(16)20-10-8-19(25)9-11-20)34-23(14-29(31)32)17-6-12-21(13-7-17)33-15-18-4-2-3-5-22(18)26/h2-13,23H,14-15H2,1H3/t23-/m1/s1. The molecule has 4 aromatic rings. The van der Waals surface area contributed by atoms with Gasteiger partial charge >= 0.3 is 0 Å². The molecule has 174 valence electrons. The number of thioether (sulfide) groups is 1. The van der Waals surface area contributed by atoms with Crippen molar-refractivity contribution >= 4 is 23.4 Å². The molecule has 1 heterocycles. The molecule has 7 nitrogen and oxygen atoms in total. The van der Waals surface area contributed by atoms with Crippen LogP contribution in [0.3, 0.4) is 0 Å². The summed E-state index contributed by atoms with van der Waals surface area (Å²) < 4.78 is 21.3. The molecule has 0 amide bonds. The molecule has 0 radical (unpaired) electrons. The van der Waals surface area contributed by atoms with E-state index in [-0.39, 0.29) is 23.9 Å². The van der Waals surface area contributed by atoms with Crippen LogP contribution in [0.15, 0.2) is 78.0 Å². The molecule has 10 heteroatoms. The fraction of sp³-hybridized carbons (Fsp3) is 0.167. The Morgan fingerprint density at radius 1 is 1.09 bits per heavy atom. The van der Waals surface area contributed by atoms with Gasteiger partial charge in [0.05, 0.1) is 0 Å². The molecule has 0 N–H and O–H groups in total. The average molecular weight is 499 g/mol. The van der Waals surface area contributed by atoms with E-state index in [9.17, 15) is 14.5 Å². The van der Waals surface area contributed by atoms with Crippen molar-refractivity contribution in [2.45, 2.75) is 23.9 Å². The lowest BCUT2D eigenvalue weighted by atomic mass is 10.1. The Kier molecular flexibility index (Phi) is 7.44. The van der Waals surface area contributed by atoms with Crippen LogP contribution in [0.5, 0.6) is 5.75 Å². The monoisotopic (exact) mass is 498 g/mol. The van der Waals surface area contributed by atoms with Crippen molar-refractivity contribution in [3.63, 3.8) is 0 Å². The first-order valence-electron chi connectivity index (χ1n) is 10.3. The van der Waals surface area contributed by atoms with E-state index in [1.54, 1.807) is 54.6 Å². The summed E-state index contributed by atoms with van der Waals surface area (Å²) in [6.45, 7) is 1.60. The SMILES string of the molecule is Cc1nnc(S[C@H](C[N+](=O)[O-])c2ccc(OCc3ccccc3F)cc2)n1-c1ccc(Cl)cc1. The van der Waals surface area contributed by atoms with Gasteiger partial charge in [-0.15, -0.1) is 10.2 Å². The molecule has 1 aromatic heterocycles. The Bertz CT molecular complexity index is 1280. The number of rotatable bonds is 9. The normalized spacial score (nSPS) is 11.9. The van der Waals surface area contributed by atoms with Gasteiger partial charge < -0.3 is 4.74 Å². The number of nitro groups is 1. The second kappa shape index (κ2) is 10.7. The van der Waals surface area contributed by atoms with E-state index in [0.717, 1.165) is 11.3 Å². The van der Waals surface area contributed by atoms with Gasteiger partial charge in [0.2, 0.25) is 6.54 Å². The number of aromatic nitrogens is 3. The highest BCUT2D eigenvalue weighted by Crippen LogP contribution is 2.36. The average Bonchev–Trinajstić information content (AvgIpc) is 3.18. The quantitative estimate of drug-likeness (QED) is 0.158. The smallest absolute Gasteiger partial charge is 0.220 e. The molecule has 0 saturated carbocycles. The number of hydrogen-bond donors (Lipinski definition) is 0. The van der Waals surface area contributed by atoms with Crippen molar-refractivity contribution in [1.29, 1.82) is 0 Å². The molecule has 0 bridgehead atoms. The van der Waals surface area contributed by atoms with Crippen LogP contribution in [0.2, 0.25) is 5.02 Å². The van der Waals surface area contributed by atoms with Crippen LogP contribution in [0.4, 0.5) is 4.39 Å². The summed E-state index contributed by atoms with van der Waals surface area (Å²) in [6, 6.07) is 20.6. The Morgan fingerprint density at radius 2 is 1.79 bits per heavy atom. The molecule has 3 aromatic carbocycles. The first-order valence-corrected chi connectivity index (χ1v) is 11.6. The molecule has 1 atom stereocenters. The maximum Gasteiger partial charge on any atom is 0.220 e. The first-order chi connectivity index (χ1) is 16.4. The molecular weight excluding hydrogens is 479 g/mol. The zero-order valence-electron chi connectivity index (χ0n) is 18.1. The van der Waals surface area contributed by atoms with Crippen molar-refractivity contribution in [3.8, 4) is 11.4 Å². The zero-order valence-corrected chi connectivity index (χ0v) is 19.7. The maximum absolute atomic E-state index is 13.8. The number of halogens is 2. The van der Waals surface area contributed by atoms with E-state index in [1.807, 2.05) is 23.6 Å². The summed E-state index contributed by atoms with van der Waals surface area (Å²) in [6.07, 6.45) is 0. The zero-order chi connectivity index (χ0) is 24.1. The predicted octanol–water partition coefficient (Wildman–Crippen LogP) is 6.06. The molecule has 4 rings (SSSR count). The number of benzene rings is 3. The van der Waals surface area contributed by atoms with E-state index < -0.39 is 5.25 Å². The Morgan fingerprint density at radius 3 is 2.47 bits per heavy atom. The highest BCUT2D eigenvalue weighted by Gasteiger charge is 2.24. The topological polar surface area (TPSA) is 83.1 Å². The van der Waals surface area contributed by atoms with Crippen LogP contribution in [-0.4, -0.2) is 26.2 Å². The molecule has 0 aliphatic rings. The van der Waals surface area contributed by atoms with Gasteiger partial charge in [0.25, 0.3) is 0 Å². The van der Waals surface area contributed by atoms with E-state index in [0.29, 0.717) is 27.3 Å². The van der Waals surface area contributed by atoms with Gasteiger partial charge in [-0.2, -0.15) is 0 Å². The molecule has 0 fully saturated rings. The third-order valence-electron chi connectivity index (χ3n) is 5.05. The lowest BCUT2D eigenvalue weighted by molar-refractivity contribution is -0.479. The summed E-state index contributed by atoms with van der Waals surface area (Å²) in [5.41, 5.74) is 2.00. The Hall–Kier alpha value is -3.43. The highest BCUT2D eigenvalue weighted by atomic mass is 35.5. The van der Waals surface area contributed by atoms with Gasteiger partial charge in [0.15, 0.2) is 5.16 Å². The van der Waals surface area contributed by atoms with Crippen molar-refractivity contribution in [2.75, 3.05) is 6.54 Å². The van der Waals surface area contributed by atoms with Crippen LogP contribution in [0.25, 0.3) is 5.69 Å². The minimum Gasteiger partial charge on any atom is -0.489 e. The van der Waals surface area contributed by atoms with Crippen molar-refractivity contribution in [3.05, 3.63) is 111 Å². The van der Waals surface area contributed by atoms with Crippen LogP contribution >= 0.6 is 23.4 Å². The minimum absolute atomic E-state index is 0.0859. The largest absolute Gasteiger partial charge is 0.489 e. The van der Waals surface area contributed by atoms with Gasteiger partial charge in [-0.05, 0) is 55.0 Å². The summed E-state index contributed by atoms with van der Waals surface area (Å²) in [5.74, 6) is 0.861. The number of nitrogens with zero attached hydrogens (tertiary/aromatic N) is 4. The molecule has 34 heavy (non-hydrogen) atoms. The number of hydrogen-bond acceptors (Lipinski definition) is 6. The molecule has 0 aliphatic heterocycles. The molecule has 0 saturated heterocycles. The van der Waals surface area contributed by atoms with Crippen LogP contribution in [-0.2, 0) is 6.61 Å².